The quantitative estimate of drug-likeness (QED) is 0.313. The summed E-state index contributed by atoms with van der Waals surface area (Å²) in [6.07, 6.45) is 0. The topological polar surface area (TPSA) is 0 Å². The SMILES string of the molecule is Clc1ccc([I+]c2ccc(Cl)cc2)cc1.F[As-](F)(F)(F)(F)F. The zero-order valence-corrected chi connectivity index (χ0v) is 16.0. The van der Waals surface area contributed by atoms with Crippen LogP contribution in [-0.4, -0.2) is 14.2 Å². The van der Waals surface area contributed by atoms with E-state index in [0.29, 0.717) is 0 Å². The van der Waals surface area contributed by atoms with Gasteiger partial charge in [0, 0.05) is 10.0 Å². The maximum absolute atomic E-state index is 11.1. The third-order valence-corrected chi connectivity index (χ3v) is 5.01. The van der Waals surface area contributed by atoms with E-state index < -0.39 is 14.2 Å². The maximum atomic E-state index is 9.91. The molecule has 0 saturated heterocycles. The summed E-state index contributed by atoms with van der Waals surface area (Å²) in [5.41, 5.74) is 0. The van der Waals surface area contributed by atoms with E-state index in [1.54, 1.807) is 0 Å². The average molecular weight is 539 g/mol. The second kappa shape index (κ2) is 6.42. The Balaban J connectivity index is 0.000000295. The molecule has 0 N–H and O–H groups in total. The third kappa shape index (κ3) is 12.4. The third-order valence-electron chi connectivity index (χ3n) is 1.83. The van der Waals surface area contributed by atoms with Crippen LogP contribution in [0.25, 0.3) is 0 Å². The molecule has 0 aliphatic rings. The van der Waals surface area contributed by atoms with Gasteiger partial charge in [-0.05, 0) is 48.5 Å². The van der Waals surface area contributed by atoms with Crippen LogP contribution in [0.5, 0.6) is 0 Å². The monoisotopic (exact) mass is 538 g/mol. The first-order chi connectivity index (χ1) is 9.69. The van der Waals surface area contributed by atoms with Gasteiger partial charge in [0.2, 0.25) is 0 Å². The van der Waals surface area contributed by atoms with Gasteiger partial charge in [-0.3, -0.25) is 0 Å². The Labute approximate surface area is 144 Å². The number of hydrogen-bond acceptors (Lipinski definition) is 0. The molecule has 0 amide bonds. The van der Waals surface area contributed by atoms with Crippen LogP contribution in [0, 0.1) is 7.14 Å². The molecule has 0 nitrogen and oxygen atoms in total. The summed E-state index contributed by atoms with van der Waals surface area (Å²) in [5.74, 6) is 0. The zero-order valence-electron chi connectivity index (χ0n) is 10.5. The molecular weight excluding hydrogens is 531 g/mol. The van der Waals surface area contributed by atoms with Crippen LogP contribution in [0.2, 0.25) is 10.0 Å². The first kappa shape index (κ1) is 19.9. The van der Waals surface area contributed by atoms with Crippen LogP contribution >= 0.6 is 23.2 Å². The normalized spacial score (nSPS) is 14.4. The average Bonchev–Trinajstić information content (AvgIpc) is 2.31. The van der Waals surface area contributed by atoms with E-state index in [1.165, 1.54) is 7.14 Å². The minimum absolute atomic E-state index is 0.114. The Morgan fingerprint density at radius 2 is 0.818 bits per heavy atom. The predicted octanol–water partition coefficient (Wildman–Crippen LogP) is 3.26. The predicted molar refractivity (Wildman–Crippen MR) is 72.7 cm³/mol. The molecule has 2 aromatic rings. The summed E-state index contributed by atoms with van der Waals surface area (Å²) in [7, 11) is 0. The van der Waals surface area contributed by atoms with Crippen molar-refractivity contribution in [1.82, 2.24) is 0 Å². The van der Waals surface area contributed by atoms with Gasteiger partial charge in [-0.25, -0.2) is 0 Å². The Morgan fingerprint density at radius 3 is 1.05 bits per heavy atom. The van der Waals surface area contributed by atoms with Crippen molar-refractivity contribution in [2.75, 3.05) is 0 Å². The van der Waals surface area contributed by atoms with E-state index in [1.807, 2.05) is 24.3 Å². The van der Waals surface area contributed by atoms with Crippen LogP contribution in [0.1, 0.15) is 0 Å². The molecule has 0 saturated carbocycles. The number of hydrogen-bond donors (Lipinski definition) is 0. The Morgan fingerprint density at radius 1 is 0.591 bits per heavy atom. The molecule has 2 rings (SSSR count). The molecule has 0 atom stereocenters. The van der Waals surface area contributed by atoms with Crippen molar-refractivity contribution in [2.45, 2.75) is 0 Å². The van der Waals surface area contributed by atoms with E-state index in [-0.39, 0.29) is 21.2 Å². The van der Waals surface area contributed by atoms with Crippen LogP contribution in [0.4, 0.5) is 20.8 Å². The molecule has 10 heteroatoms. The zero-order chi connectivity index (χ0) is 17.1. The minimum atomic E-state index is -11.1. The van der Waals surface area contributed by atoms with Crippen LogP contribution < -0.4 is 21.2 Å². The van der Waals surface area contributed by atoms with Crippen molar-refractivity contribution in [1.29, 1.82) is 0 Å². The Bertz CT molecular complexity index is 570. The van der Waals surface area contributed by atoms with Crippen molar-refractivity contribution >= 4 is 37.4 Å². The van der Waals surface area contributed by atoms with E-state index in [2.05, 4.69) is 24.3 Å². The summed E-state index contributed by atoms with van der Waals surface area (Å²) >= 11 is 0.484. The van der Waals surface area contributed by atoms with Gasteiger partial charge in [-0.15, -0.1) is 0 Å². The van der Waals surface area contributed by atoms with Gasteiger partial charge >= 0.3 is 56.2 Å². The van der Waals surface area contributed by atoms with E-state index in [9.17, 15) is 20.8 Å². The molecule has 0 unspecified atom stereocenters. The van der Waals surface area contributed by atoms with Gasteiger partial charge in [0.05, 0.1) is 0 Å². The molecule has 0 fully saturated rings. The summed E-state index contributed by atoms with van der Waals surface area (Å²) < 4.78 is 62.2. The summed E-state index contributed by atoms with van der Waals surface area (Å²) in [6, 6.07) is 16.1. The molecule has 0 heterocycles. The second-order valence-corrected chi connectivity index (χ2v) is 11.9. The summed E-state index contributed by atoms with van der Waals surface area (Å²) in [6.45, 7) is 0. The van der Waals surface area contributed by atoms with Crippen LogP contribution in [-0.2, 0) is 0 Å². The standard InChI is InChI=1S/C12H8Cl2I.AsF6/c13-9-1-5-11(6-2-9)15-12-7-3-10(14)4-8-12;2-1(3,4,5,6)7/h1-8H;/q+1;-1. The fraction of sp³-hybridized carbons (Fsp3) is 0. The molecule has 0 aliphatic heterocycles. The van der Waals surface area contributed by atoms with Gasteiger partial charge < -0.3 is 0 Å². The molecule has 0 bridgehead atoms. The molecule has 2 aromatic carbocycles. The van der Waals surface area contributed by atoms with Crippen molar-refractivity contribution in [3.8, 4) is 0 Å². The first-order valence-electron chi connectivity index (χ1n) is 5.41. The van der Waals surface area contributed by atoms with Crippen molar-refractivity contribution in [3.63, 3.8) is 0 Å². The van der Waals surface area contributed by atoms with Gasteiger partial charge in [0.25, 0.3) is 0 Å². The fourth-order valence-corrected chi connectivity index (χ4v) is 3.52. The number of benzene rings is 2. The van der Waals surface area contributed by atoms with E-state index in [4.69, 9.17) is 23.2 Å². The van der Waals surface area contributed by atoms with Crippen LogP contribution in [0.15, 0.2) is 48.5 Å². The van der Waals surface area contributed by atoms with Gasteiger partial charge in [-0.1, -0.05) is 23.2 Å². The Hall–Kier alpha value is -0.112. The Kier molecular flexibility index (Phi) is 5.81. The van der Waals surface area contributed by atoms with Crippen molar-refractivity contribution in [3.05, 3.63) is 65.7 Å². The van der Waals surface area contributed by atoms with Gasteiger partial charge in [-0.2, -0.15) is 0 Å². The van der Waals surface area contributed by atoms with Gasteiger partial charge in [0.15, 0.2) is 7.14 Å². The molecule has 0 aromatic heterocycles. The summed E-state index contributed by atoms with van der Waals surface area (Å²) in [4.78, 5) is 0. The van der Waals surface area contributed by atoms with E-state index >= 15 is 0 Å². The number of halogens is 9. The molecule has 0 aliphatic carbocycles. The van der Waals surface area contributed by atoms with E-state index in [0.717, 1.165) is 10.0 Å². The molecule has 124 valence electrons. The fourth-order valence-electron chi connectivity index (χ4n) is 1.11. The van der Waals surface area contributed by atoms with Crippen LogP contribution in [0.3, 0.4) is 0 Å². The molecule has 0 spiro atoms. The van der Waals surface area contributed by atoms with Crippen molar-refractivity contribution in [2.24, 2.45) is 0 Å². The number of rotatable bonds is 2. The summed E-state index contributed by atoms with van der Waals surface area (Å²) in [5, 5.41) is 1.58. The van der Waals surface area contributed by atoms with Gasteiger partial charge in [0.1, 0.15) is 0 Å². The molecule has 22 heavy (non-hydrogen) atoms. The molecular formula is C12H8AsCl2F6I. The van der Waals surface area contributed by atoms with Crippen molar-refractivity contribution < 1.29 is 42.0 Å². The second-order valence-electron chi connectivity index (χ2n) is 3.93. The first-order valence-corrected chi connectivity index (χ1v) is 12.6. The molecule has 0 radical (unpaired) electrons.